The van der Waals surface area contributed by atoms with Crippen molar-refractivity contribution in [1.29, 1.82) is 0 Å². The molecule has 1 aliphatic rings. The number of benzene rings is 1. The van der Waals surface area contributed by atoms with Crippen molar-refractivity contribution in [2.24, 2.45) is 5.41 Å². The molecule has 0 aliphatic carbocycles. The van der Waals surface area contributed by atoms with Crippen molar-refractivity contribution in [2.45, 2.75) is 59.2 Å². The van der Waals surface area contributed by atoms with Gasteiger partial charge >= 0.3 is 5.97 Å². The van der Waals surface area contributed by atoms with E-state index in [1.165, 1.54) is 16.2 Å². The number of anilines is 1. The Morgan fingerprint density at radius 3 is 2.58 bits per heavy atom. The van der Waals surface area contributed by atoms with E-state index in [2.05, 4.69) is 10.3 Å². The van der Waals surface area contributed by atoms with Gasteiger partial charge in [-0.05, 0) is 26.0 Å². The highest BCUT2D eigenvalue weighted by molar-refractivity contribution is 7.14. The van der Waals surface area contributed by atoms with Gasteiger partial charge in [-0.3, -0.25) is 4.79 Å². The molecule has 10 heteroatoms. The molecule has 1 saturated heterocycles. The van der Waals surface area contributed by atoms with E-state index in [9.17, 15) is 14.7 Å². The van der Waals surface area contributed by atoms with E-state index in [1.807, 2.05) is 43.5 Å². The summed E-state index contributed by atoms with van der Waals surface area (Å²) in [4.78, 5) is 35.8. The molecule has 1 fully saturated rings. The van der Waals surface area contributed by atoms with Gasteiger partial charge in [0.1, 0.15) is 29.3 Å². The number of nitrogens with zero attached hydrogens (tertiary/aromatic N) is 3. The van der Waals surface area contributed by atoms with E-state index < -0.39 is 23.5 Å². The Labute approximate surface area is 214 Å². The van der Waals surface area contributed by atoms with Gasteiger partial charge in [-0.2, -0.15) is 0 Å². The Kier molecular flexibility index (Phi) is 7.08. The summed E-state index contributed by atoms with van der Waals surface area (Å²) in [6, 6.07) is 6.67. The molecule has 36 heavy (non-hydrogen) atoms. The van der Waals surface area contributed by atoms with Crippen LogP contribution in [0.1, 0.15) is 41.0 Å². The smallest absolute Gasteiger partial charge is 0.326 e. The summed E-state index contributed by atoms with van der Waals surface area (Å²) in [5, 5.41) is 16.6. The molecule has 0 bridgehead atoms. The molecule has 2 N–H and O–H groups in total. The van der Waals surface area contributed by atoms with Crippen LogP contribution >= 0.6 is 11.3 Å². The summed E-state index contributed by atoms with van der Waals surface area (Å²) < 4.78 is 11.8. The summed E-state index contributed by atoms with van der Waals surface area (Å²) in [7, 11) is 1.60. The molecular weight excluding hydrogens is 480 g/mol. The predicted octanol–water partition coefficient (Wildman–Crippen LogP) is 4.67. The first-order chi connectivity index (χ1) is 17.0. The number of thiazole rings is 1. The number of carbonyl (C=O) groups is 2. The second kappa shape index (κ2) is 9.93. The molecule has 1 amide bonds. The van der Waals surface area contributed by atoms with Crippen LogP contribution in [-0.4, -0.2) is 63.7 Å². The summed E-state index contributed by atoms with van der Waals surface area (Å²) in [5.41, 5.74) is 1.32. The zero-order chi connectivity index (χ0) is 26.2. The van der Waals surface area contributed by atoms with Crippen LogP contribution in [0.25, 0.3) is 22.3 Å². The van der Waals surface area contributed by atoms with Gasteiger partial charge in [-0.25, -0.2) is 14.8 Å². The second-order valence-corrected chi connectivity index (χ2v) is 11.1. The van der Waals surface area contributed by atoms with E-state index in [1.54, 1.807) is 27.9 Å². The van der Waals surface area contributed by atoms with Crippen LogP contribution in [0.15, 0.2) is 29.6 Å². The summed E-state index contributed by atoms with van der Waals surface area (Å²) in [6.45, 7) is 9.65. The number of carbonyl (C=O) groups excluding carboxylic acids is 1. The number of likely N-dealkylation sites (tertiary alicyclic amines) is 1. The maximum atomic E-state index is 13.0. The lowest BCUT2D eigenvalue weighted by Gasteiger charge is -2.28. The molecule has 192 valence electrons. The van der Waals surface area contributed by atoms with E-state index >= 15 is 0 Å². The van der Waals surface area contributed by atoms with Gasteiger partial charge in [0.15, 0.2) is 5.13 Å². The minimum atomic E-state index is -1.03. The first kappa shape index (κ1) is 25.7. The average molecular weight is 513 g/mol. The highest BCUT2D eigenvalue weighted by Gasteiger charge is 2.44. The van der Waals surface area contributed by atoms with Crippen molar-refractivity contribution in [3.8, 4) is 22.9 Å². The number of amides is 1. The fraction of sp³-hybridized carbons (Fsp3) is 0.462. The standard InChI is InChI=1S/C26H32N4O5S/c1-14(2)27-25-29-20(13-36-25)19-11-22(17-8-7-15(34-6)9-18(17)28-19)35-16-10-21(23(31)32)30(12-16)24(33)26(3,4)5/h7-9,11,13-14,16,21H,10,12H2,1-6H3,(H,27,29)(H,31,32)/t16-,21+/m1/s1. The number of carboxylic acids is 1. The fourth-order valence-corrected chi connectivity index (χ4v) is 5.04. The van der Waals surface area contributed by atoms with E-state index in [4.69, 9.17) is 14.5 Å². The number of hydrogen-bond acceptors (Lipinski definition) is 8. The minimum absolute atomic E-state index is 0.196. The third-order valence-corrected chi connectivity index (χ3v) is 6.68. The first-order valence-electron chi connectivity index (χ1n) is 11.9. The third-order valence-electron chi connectivity index (χ3n) is 5.90. The fourth-order valence-electron chi connectivity index (χ4n) is 4.19. The molecule has 9 nitrogen and oxygen atoms in total. The molecule has 0 unspecified atom stereocenters. The molecule has 2 aromatic heterocycles. The molecule has 2 atom stereocenters. The Bertz CT molecular complexity index is 1280. The van der Waals surface area contributed by atoms with Gasteiger partial charge in [-0.15, -0.1) is 11.3 Å². The van der Waals surface area contributed by atoms with Crippen molar-refractivity contribution in [1.82, 2.24) is 14.9 Å². The number of pyridine rings is 1. The maximum Gasteiger partial charge on any atom is 0.326 e. The number of carboxylic acid groups (broad SMARTS) is 1. The Hall–Kier alpha value is -3.40. The normalized spacial score (nSPS) is 18.0. The van der Waals surface area contributed by atoms with Crippen LogP contribution in [0.2, 0.25) is 0 Å². The van der Waals surface area contributed by atoms with Crippen LogP contribution in [0.5, 0.6) is 11.5 Å². The lowest BCUT2D eigenvalue weighted by atomic mass is 9.94. The highest BCUT2D eigenvalue weighted by atomic mass is 32.1. The summed E-state index contributed by atoms with van der Waals surface area (Å²) in [6.07, 6.45) is -0.280. The maximum absolute atomic E-state index is 13.0. The Morgan fingerprint density at radius 2 is 1.94 bits per heavy atom. The second-order valence-electron chi connectivity index (χ2n) is 10.3. The van der Waals surface area contributed by atoms with Crippen molar-refractivity contribution < 1.29 is 24.2 Å². The molecule has 3 heterocycles. The van der Waals surface area contributed by atoms with Gasteiger partial charge in [-0.1, -0.05) is 20.8 Å². The number of aromatic nitrogens is 2. The first-order valence-corrected chi connectivity index (χ1v) is 12.8. The molecule has 1 aliphatic heterocycles. The molecule has 0 spiro atoms. The number of methoxy groups -OCH3 is 1. The molecule has 4 rings (SSSR count). The molecule has 0 saturated carbocycles. The van der Waals surface area contributed by atoms with Crippen LogP contribution in [-0.2, 0) is 9.59 Å². The predicted molar refractivity (Wildman–Crippen MR) is 140 cm³/mol. The van der Waals surface area contributed by atoms with Gasteiger partial charge in [0.05, 0.1) is 24.9 Å². The van der Waals surface area contributed by atoms with E-state index in [0.717, 1.165) is 10.5 Å². The quantitative estimate of drug-likeness (QED) is 0.470. The van der Waals surface area contributed by atoms with E-state index in [0.29, 0.717) is 28.4 Å². The highest BCUT2D eigenvalue weighted by Crippen LogP contribution is 2.36. The Balaban J connectivity index is 1.70. The number of aliphatic carboxylic acids is 1. The topological polar surface area (TPSA) is 114 Å². The summed E-state index contributed by atoms with van der Waals surface area (Å²) >= 11 is 1.50. The van der Waals surface area contributed by atoms with Gasteiger partial charge < -0.3 is 24.8 Å². The third kappa shape index (κ3) is 5.38. The molecular formula is C26H32N4O5S. The average Bonchev–Trinajstić information content (AvgIpc) is 3.44. The monoisotopic (exact) mass is 512 g/mol. The number of rotatable bonds is 7. The largest absolute Gasteiger partial charge is 0.497 e. The van der Waals surface area contributed by atoms with Crippen molar-refractivity contribution in [3.63, 3.8) is 0 Å². The van der Waals surface area contributed by atoms with Gasteiger partial charge in [0.25, 0.3) is 0 Å². The Morgan fingerprint density at radius 1 is 1.19 bits per heavy atom. The van der Waals surface area contributed by atoms with Gasteiger partial charge in [0.2, 0.25) is 5.91 Å². The number of fused-ring (bicyclic) bond motifs is 1. The van der Waals surface area contributed by atoms with Crippen LogP contribution < -0.4 is 14.8 Å². The zero-order valence-electron chi connectivity index (χ0n) is 21.4. The summed E-state index contributed by atoms with van der Waals surface area (Å²) in [5.74, 6) is -0.0226. The van der Waals surface area contributed by atoms with E-state index in [-0.39, 0.29) is 24.9 Å². The van der Waals surface area contributed by atoms with Crippen LogP contribution in [0.4, 0.5) is 5.13 Å². The van der Waals surface area contributed by atoms with Crippen molar-refractivity contribution in [3.05, 3.63) is 29.6 Å². The van der Waals surface area contributed by atoms with Gasteiger partial charge in [0, 0.05) is 40.8 Å². The minimum Gasteiger partial charge on any atom is -0.497 e. The zero-order valence-corrected chi connectivity index (χ0v) is 22.2. The van der Waals surface area contributed by atoms with Crippen molar-refractivity contribution >= 4 is 39.2 Å². The van der Waals surface area contributed by atoms with Crippen LogP contribution in [0, 0.1) is 5.41 Å². The molecule has 0 radical (unpaired) electrons. The SMILES string of the molecule is COc1ccc2c(O[C@@H]3C[C@@H](C(=O)O)N(C(=O)C(C)(C)C)C3)cc(-c3csc(NC(C)C)n3)nc2c1. The van der Waals surface area contributed by atoms with Crippen molar-refractivity contribution in [2.75, 3.05) is 19.0 Å². The lowest BCUT2D eigenvalue weighted by molar-refractivity contribution is -0.151. The van der Waals surface area contributed by atoms with Crippen LogP contribution in [0.3, 0.4) is 0 Å². The lowest BCUT2D eigenvalue weighted by Crippen LogP contribution is -2.45. The number of nitrogens with one attached hydrogen (secondary N) is 1. The molecule has 1 aromatic carbocycles. The number of hydrogen-bond donors (Lipinski definition) is 2. The molecule has 3 aromatic rings. The number of ether oxygens (including phenoxy) is 2.